The van der Waals surface area contributed by atoms with Crippen LogP contribution in [0, 0.1) is 17.3 Å². The summed E-state index contributed by atoms with van der Waals surface area (Å²) in [5, 5.41) is 16.6. The largest absolute Gasteiger partial charge is 0.357 e. The molecule has 3 atom stereocenters. The third kappa shape index (κ3) is 7.38. The predicted octanol–water partition coefficient (Wildman–Crippen LogP) is -0.0643. The van der Waals surface area contributed by atoms with E-state index < -0.39 is 41.1 Å². The van der Waals surface area contributed by atoms with Gasteiger partial charge in [-0.1, -0.05) is 34.6 Å². The summed E-state index contributed by atoms with van der Waals surface area (Å²) in [5.74, 6) is -3.25. The van der Waals surface area contributed by atoms with Crippen molar-refractivity contribution in [3.63, 3.8) is 0 Å². The maximum absolute atomic E-state index is 12.9. The molecule has 0 saturated carbocycles. The van der Waals surface area contributed by atoms with E-state index >= 15 is 0 Å². The average molecular weight is 372 g/mol. The summed E-state index contributed by atoms with van der Waals surface area (Å²) in [6.45, 7) is 10.3. The van der Waals surface area contributed by atoms with Gasteiger partial charge >= 0.3 is 0 Å². The van der Waals surface area contributed by atoms with Gasteiger partial charge in [0.25, 0.3) is 5.91 Å². The van der Waals surface area contributed by atoms with Gasteiger partial charge in [0.05, 0.1) is 5.92 Å². The lowest BCUT2D eigenvalue weighted by atomic mass is 9.84. The highest BCUT2D eigenvalue weighted by molar-refractivity contribution is 5.94. The molecule has 0 aromatic rings. The Balaban J connectivity index is 5.74. The Morgan fingerprint density at radius 1 is 0.962 bits per heavy atom. The average Bonchev–Trinajstić information content (AvgIpc) is 2.52. The van der Waals surface area contributed by atoms with Gasteiger partial charge in [-0.2, -0.15) is 0 Å². The van der Waals surface area contributed by atoms with Crippen LogP contribution in [0.25, 0.3) is 0 Å². The molecule has 0 aliphatic carbocycles. The summed E-state index contributed by atoms with van der Waals surface area (Å²) in [5.41, 5.74) is 0.915. The topological polar surface area (TPSA) is 137 Å². The van der Waals surface area contributed by atoms with Gasteiger partial charge in [-0.25, -0.2) is 5.48 Å². The normalized spacial score (nSPS) is 14.8. The Bertz CT molecular complexity index is 528. The molecule has 5 N–H and O–H groups in total. The van der Waals surface area contributed by atoms with Gasteiger partial charge in [0.15, 0.2) is 0 Å². The van der Waals surface area contributed by atoms with Crippen LogP contribution in [-0.4, -0.2) is 48.0 Å². The molecule has 26 heavy (non-hydrogen) atoms. The molecule has 0 aromatic carbocycles. The molecule has 0 rings (SSSR count). The van der Waals surface area contributed by atoms with E-state index in [1.807, 2.05) is 13.8 Å². The zero-order valence-corrected chi connectivity index (χ0v) is 16.6. The van der Waals surface area contributed by atoms with Crippen LogP contribution in [0.15, 0.2) is 0 Å². The van der Waals surface area contributed by atoms with Crippen LogP contribution in [0.3, 0.4) is 0 Å². The number of carbonyl (C=O) groups excluding carboxylic acids is 4. The summed E-state index contributed by atoms with van der Waals surface area (Å²) in [6, 6.07) is -2.09. The van der Waals surface area contributed by atoms with Crippen molar-refractivity contribution in [3.05, 3.63) is 0 Å². The van der Waals surface area contributed by atoms with Crippen LogP contribution in [0.1, 0.15) is 48.0 Å². The molecular weight excluding hydrogens is 340 g/mol. The number of carbonyl (C=O) groups is 4. The highest BCUT2D eigenvalue weighted by atomic mass is 16.5. The van der Waals surface area contributed by atoms with E-state index in [9.17, 15) is 19.2 Å². The Kier molecular flexibility index (Phi) is 9.26. The van der Waals surface area contributed by atoms with Gasteiger partial charge in [0, 0.05) is 14.0 Å². The Hall–Kier alpha value is -2.16. The lowest BCUT2D eigenvalue weighted by Crippen LogP contribution is -2.59. The smallest absolute Gasteiger partial charge is 0.266 e. The Morgan fingerprint density at radius 3 is 1.85 bits per heavy atom. The minimum Gasteiger partial charge on any atom is -0.357 e. The van der Waals surface area contributed by atoms with Crippen LogP contribution in [0.5, 0.6) is 0 Å². The van der Waals surface area contributed by atoms with Gasteiger partial charge < -0.3 is 16.0 Å². The molecule has 0 heterocycles. The quantitative estimate of drug-likeness (QED) is 0.300. The molecule has 0 saturated heterocycles. The number of amides is 4. The number of likely N-dealkylation sites (N-methyl/N-ethyl adjacent to an activating group) is 1. The fourth-order valence-electron chi connectivity index (χ4n) is 2.61. The second-order valence-corrected chi connectivity index (χ2v) is 7.81. The SMILES string of the molecule is CNC(=O)[C@@H](NC(=O)[C@H](CC(C)C)[C@H](NC(C)=O)C(=O)NO)C(C)(C)C. The molecule has 0 bridgehead atoms. The summed E-state index contributed by atoms with van der Waals surface area (Å²) in [7, 11) is 1.47. The standard InChI is InChI=1S/C17H32N4O5/c1-9(2)8-11(12(15(24)21-26)19-10(3)22)14(23)20-13(16(25)18-7)17(4,5)6/h9,11-13,26H,8H2,1-7H3,(H,18,25)(H,19,22)(H,20,23)(H,21,24)/t11-,12+,13-/m1/s1. The highest BCUT2D eigenvalue weighted by Crippen LogP contribution is 2.22. The second kappa shape index (κ2) is 10.1. The van der Waals surface area contributed by atoms with E-state index in [4.69, 9.17) is 5.21 Å². The lowest BCUT2D eigenvalue weighted by molar-refractivity contribution is -0.141. The van der Waals surface area contributed by atoms with Crippen molar-refractivity contribution in [2.24, 2.45) is 17.3 Å². The summed E-state index contributed by atoms with van der Waals surface area (Å²) in [4.78, 5) is 48.5. The number of hydrogen-bond donors (Lipinski definition) is 5. The molecule has 0 spiro atoms. The van der Waals surface area contributed by atoms with Crippen LogP contribution in [-0.2, 0) is 19.2 Å². The van der Waals surface area contributed by atoms with E-state index in [2.05, 4.69) is 16.0 Å². The van der Waals surface area contributed by atoms with Gasteiger partial charge in [0.2, 0.25) is 17.7 Å². The lowest BCUT2D eigenvalue weighted by Gasteiger charge is -2.33. The molecule has 9 nitrogen and oxygen atoms in total. The number of hydroxylamine groups is 1. The first kappa shape index (κ1) is 23.8. The fraction of sp³-hybridized carbons (Fsp3) is 0.765. The highest BCUT2D eigenvalue weighted by Gasteiger charge is 2.39. The minimum absolute atomic E-state index is 0.0292. The number of nitrogens with one attached hydrogen (secondary N) is 4. The maximum atomic E-state index is 12.9. The summed E-state index contributed by atoms with van der Waals surface area (Å²) in [6.07, 6.45) is 0.273. The second-order valence-electron chi connectivity index (χ2n) is 7.81. The van der Waals surface area contributed by atoms with Crippen molar-refractivity contribution in [2.45, 2.75) is 60.0 Å². The Morgan fingerprint density at radius 2 is 1.50 bits per heavy atom. The van der Waals surface area contributed by atoms with E-state index in [-0.39, 0.29) is 18.2 Å². The fourth-order valence-corrected chi connectivity index (χ4v) is 2.61. The van der Waals surface area contributed by atoms with Crippen molar-refractivity contribution in [2.75, 3.05) is 7.05 Å². The van der Waals surface area contributed by atoms with Gasteiger partial charge in [-0.15, -0.1) is 0 Å². The molecule has 9 heteroatoms. The third-order valence-corrected chi connectivity index (χ3v) is 3.88. The Labute approximate surface area is 154 Å². The van der Waals surface area contributed by atoms with Crippen molar-refractivity contribution >= 4 is 23.6 Å². The molecule has 0 fully saturated rings. The van der Waals surface area contributed by atoms with Crippen molar-refractivity contribution in [1.82, 2.24) is 21.4 Å². The van der Waals surface area contributed by atoms with Crippen LogP contribution in [0.4, 0.5) is 0 Å². The molecule has 0 aliphatic heterocycles. The molecule has 0 aromatic heterocycles. The molecule has 4 amide bonds. The molecule has 150 valence electrons. The molecular formula is C17H32N4O5. The van der Waals surface area contributed by atoms with E-state index in [1.165, 1.54) is 19.5 Å². The monoisotopic (exact) mass is 372 g/mol. The van der Waals surface area contributed by atoms with E-state index in [0.717, 1.165) is 0 Å². The first-order valence-corrected chi connectivity index (χ1v) is 8.58. The third-order valence-electron chi connectivity index (χ3n) is 3.88. The summed E-state index contributed by atoms with van der Waals surface area (Å²) < 4.78 is 0. The summed E-state index contributed by atoms with van der Waals surface area (Å²) >= 11 is 0. The number of rotatable bonds is 8. The zero-order chi connectivity index (χ0) is 20.7. The molecule has 0 unspecified atom stereocenters. The first-order valence-electron chi connectivity index (χ1n) is 8.58. The van der Waals surface area contributed by atoms with Crippen molar-refractivity contribution < 1.29 is 24.4 Å². The van der Waals surface area contributed by atoms with Crippen molar-refractivity contribution in [1.29, 1.82) is 0 Å². The van der Waals surface area contributed by atoms with Crippen LogP contribution < -0.4 is 21.4 Å². The zero-order valence-electron chi connectivity index (χ0n) is 16.6. The van der Waals surface area contributed by atoms with E-state index in [1.54, 1.807) is 20.8 Å². The predicted molar refractivity (Wildman–Crippen MR) is 95.9 cm³/mol. The van der Waals surface area contributed by atoms with Crippen molar-refractivity contribution in [3.8, 4) is 0 Å². The number of hydrogen-bond acceptors (Lipinski definition) is 5. The van der Waals surface area contributed by atoms with E-state index in [0.29, 0.717) is 0 Å². The minimum atomic E-state index is -1.26. The molecule has 0 aliphatic rings. The van der Waals surface area contributed by atoms with Crippen LogP contribution in [0.2, 0.25) is 0 Å². The van der Waals surface area contributed by atoms with Gasteiger partial charge in [-0.3, -0.25) is 24.4 Å². The molecule has 0 radical (unpaired) electrons. The van der Waals surface area contributed by atoms with Gasteiger partial charge in [0.1, 0.15) is 12.1 Å². The maximum Gasteiger partial charge on any atom is 0.266 e. The van der Waals surface area contributed by atoms with Crippen LogP contribution >= 0.6 is 0 Å². The first-order chi connectivity index (χ1) is 11.8. The van der Waals surface area contributed by atoms with Gasteiger partial charge in [-0.05, 0) is 17.8 Å².